The molecule has 0 aliphatic carbocycles. The van der Waals surface area contributed by atoms with Crippen LogP contribution in [0.4, 0.5) is 5.13 Å². The maximum Gasteiger partial charge on any atom is 0.206 e. The first kappa shape index (κ1) is 9.60. The zero-order chi connectivity index (χ0) is 9.97. The highest BCUT2D eigenvalue weighted by Gasteiger charge is 2.02. The Morgan fingerprint density at radius 3 is 3.00 bits per heavy atom. The summed E-state index contributed by atoms with van der Waals surface area (Å²) in [6.07, 6.45) is 3.59. The number of hydrogen-bond acceptors (Lipinski definition) is 5. The second kappa shape index (κ2) is 4.05. The molecule has 7 heteroatoms. The van der Waals surface area contributed by atoms with Gasteiger partial charge in [-0.2, -0.15) is 0 Å². The minimum absolute atomic E-state index is 0.706. The van der Waals surface area contributed by atoms with Crippen molar-refractivity contribution >= 4 is 32.4 Å². The maximum atomic E-state index is 4.02. The van der Waals surface area contributed by atoms with E-state index < -0.39 is 0 Å². The molecule has 2 aromatic heterocycles. The molecule has 0 atom stereocenters. The van der Waals surface area contributed by atoms with Gasteiger partial charge in [-0.15, -0.1) is 10.2 Å². The van der Waals surface area contributed by atoms with Gasteiger partial charge in [0.05, 0.1) is 18.6 Å². The summed E-state index contributed by atoms with van der Waals surface area (Å²) in [6, 6.07) is 0. The summed E-state index contributed by atoms with van der Waals surface area (Å²) in [5, 5.41) is 11.7. The van der Waals surface area contributed by atoms with Gasteiger partial charge in [-0.25, -0.2) is 4.98 Å². The Labute approximate surface area is 93.3 Å². The van der Waals surface area contributed by atoms with Crippen LogP contribution in [-0.4, -0.2) is 19.7 Å². The molecule has 2 aromatic rings. The third kappa shape index (κ3) is 2.10. The van der Waals surface area contributed by atoms with Crippen LogP contribution in [0.25, 0.3) is 0 Å². The van der Waals surface area contributed by atoms with E-state index >= 15 is 0 Å². The fraction of sp³-hybridized carbons (Fsp3) is 0.286. The Bertz CT molecular complexity index is 423. The number of rotatable bonds is 3. The van der Waals surface area contributed by atoms with Gasteiger partial charge in [0.15, 0.2) is 3.92 Å². The highest BCUT2D eigenvalue weighted by molar-refractivity contribution is 9.11. The van der Waals surface area contributed by atoms with Gasteiger partial charge in [0.25, 0.3) is 0 Å². The maximum absolute atomic E-state index is 4.02. The highest BCUT2D eigenvalue weighted by Crippen LogP contribution is 2.20. The second-order valence-corrected chi connectivity index (χ2v) is 4.96. The molecule has 0 aromatic carbocycles. The number of aryl methyl sites for hydroxylation is 1. The Kier molecular flexibility index (Phi) is 2.78. The summed E-state index contributed by atoms with van der Waals surface area (Å²) in [5.74, 6) is 0. The van der Waals surface area contributed by atoms with Crippen LogP contribution in [0.3, 0.4) is 0 Å². The Hall–Kier alpha value is -0.950. The van der Waals surface area contributed by atoms with Crippen molar-refractivity contribution in [3.05, 3.63) is 22.1 Å². The Morgan fingerprint density at radius 2 is 2.43 bits per heavy atom. The smallest absolute Gasteiger partial charge is 0.206 e. The molecule has 0 unspecified atom stereocenters. The highest BCUT2D eigenvalue weighted by atomic mass is 79.9. The van der Waals surface area contributed by atoms with Crippen molar-refractivity contribution in [3.63, 3.8) is 0 Å². The van der Waals surface area contributed by atoms with E-state index in [4.69, 9.17) is 0 Å². The van der Waals surface area contributed by atoms with Crippen molar-refractivity contribution in [2.24, 2.45) is 7.05 Å². The molecule has 0 radical (unpaired) electrons. The zero-order valence-corrected chi connectivity index (χ0v) is 9.84. The van der Waals surface area contributed by atoms with Crippen molar-refractivity contribution in [1.82, 2.24) is 19.7 Å². The van der Waals surface area contributed by atoms with E-state index in [2.05, 4.69) is 36.4 Å². The van der Waals surface area contributed by atoms with Gasteiger partial charge in [-0.3, -0.25) is 0 Å². The lowest BCUT2D eigenvalue weighted by Gasteiger charge is -2.01. The molecule has 5 nitrogen and oxygen atoms in total. The second-order valence-electron chi connectivity index (χ2n) is 2.71. The standard InChI is InChI=1S/C7H8BrN5S/c1-13-4-9-2-5(13)3-10-7-12-11-6(8)14-7/h2,4H,3H2,1H3,(H,10,12). The van der Waals surface area contributed by atoms with Crippen LogP contribution in [0.5, 0.6) is 0 Å². The van der Waals surface area contributed by atoms with Crippen molar-refractivity contribution in [3.8, 4) is 0 Å². The average Bonchev–Trinajstić information content (AvgIpc) is 2.72. The number of nitrogens with zero attached hydrogens (tertiary/aromatic N) is 4. The third-order valence-corrected chi connectivity index (χ3v) is 3.05. The normalized spacial score (nSPS) is 10.4. The first-order valence-corrected chi connectivity index (χ1v) is 5.55. The Morgan fingerprint density at radius 1 is 1.57 bits per heavy atom. The first-order valence-electron chi connectivity index (χ1n) is 3.94. The summed E-state index contributed by atoms with van der Waals surface area (Å²) >= 11 is 4.72. The fourth-order valence-corrected chi connectivity index (χ4v) is 2.00. The van der Waals surface area contributed by atoms with Gasteiger partial charge in [0, 0.05) is 13.2 Å². The quantitative estimate of drug-likeness (QED) is 0.924. The predicted octanol–water partition coefficient (Wildman–Crippen LogP) is 1.65. The number of aromatic nitrogens is 4. The summed E-state index contributed by atoms with van der Waals surface area (Å²) in [6.45, 7) is 0.706. The lowest BCUT2D eigenvalue weighted by Crippen LogP contribution is -2.03. The van der Waals surface area contributed by atoms with E-state index in [0.717, 1.165) is 14.7 Å². The summed E-state index contributed by atoms with van der Waals surface area (Å²) in [7, 11) is 1.96. The molecule has 0 spiro atoms. The van der Waals surface area contributed by atoms with Gasteiger partial charge in [0.1, 0.15) is 0 Å². The van der Waals surface area contributed by atoms with E-state index in [1.54, 1.807) is 6.33 Å². The van der Waals surface area contributed by atoms with E-state index in [9.17, 15) is 0 Å². The van der Waals surface area contributed by atoms with Gasteiger partial charge in [-0.1, -0.05) is 11.3 Å². The van der Waals surface area contributed by atoms with Gasteiger partial charge >= 0.3 is 0 Å². The van der Waals surface area contributed by atoms with Crippen molar-refractivity contribution in [1.29, 1.82) is 0 Å². The van der Waals surface area contributed by atoms with Gasteiger partial charge in [0.2, 0.25) is 5.13 Å². The molecular weight excluding hydrogens is 266 g/mol. The van der Waals surface area contributed by atoms with E-state index in [1.165, 1.54) is 11.3 Å². The topological polar surface area (TPSA) is 55.6 Å². The fourth-order valence-electron chi connectivity index (χ4n) is 0.998. The largest absolute Gasteiger partial charge is 0.354 e. The first-order chi connectivity index (χ1) is 6.75. The van der Waals surface area contributed by atoms with Crippen LogP contribution < -0.4 is 5.32 Å². The lowest BCUT2D eigenvalue weighted by atomic mass is 10.5. The molecule has 1 N–H and O–H groups in total. The SMILES string of the molecule is Cn1cncc1CNc1nnc(Br)s1. The number of nitrogens with one attached hydrogen (secondary N) is 1. The van der Waals surface area contributed by atoms with Crippen LogP contribution >= 0.6 is 27.3 Å². The number of anilines is 1. The monoisotopic (exact) mass is 273 g/mol. The van der Waals surface area contributed by atoms with Crippen LogP contribution in [-0.2, 0) is 13.6 Å². The van der Waals surface area contributed by atoms with Gasteiger partial charge < -0.3 is 9.88 Å². The number of halogens is 1. The van der Waals surface area contributed by atoms with Gasteiger partial charge in [-0.05, 0) is 15.9 Å². The number of hydrogen-bond donors (Lipinski definition) is 1. The van der Waals surface area contributed by atoms with Crippen molar-refractivity contribution in [2.45, 2.75) is 6.54 Å². The molecule has 0 amide bonds. The van der Waals surface area contributed by atoms with Crippen LogP contribution in [0.15, 0.2) is 16.4 Å². The summed E-state index contributed by atoms with van der Waals surface area (Å²) in [5.41, 5.74) is 1.11. The van der Waals surface area contributed by atoms with Crippen molar-refractivity contribution in [2.75, 3.05) is 5.32 Å². The van der Waals surface area contributed by atoms with Crippen LogP contribution in [0, 0.1) is 0 Å². The summed E-state index contributed by atoms with van der Waals surface area (Å²) in [4.78, 5) is 4.02. The minimum atomic E-state index is 0.706. The van der Waals surface area contributed by atoms with Crippen molar-refractivity contribution < 1.29 is 0 Å². The molecule has 0 bridgehead atoms. The van der Waals surface area contributed by atoms with E-state index in [1.807, 2.05) is 17.8 Å². The molecule has 0 aliphatic heterocycles. The summed E-state index contributed by atoms with van der Waals surface area (Å²) < 4.78 is 2.74. The average molecular weight is 274 g/mol. The molecule has 2 heterocycles. The molecule has 0 fully saturated rings. The molecule has 0 aliphatic rings. The predicted molar refractivity (Wildman–Crippen MR) is 58.1 cm³/mol. The molecule has 0 saturated heterocycles. The third-order valence-electron chi connectivity index (χ3n) is 1.74. The molecule has 14 heavy (non-hydrogen) atoms. The van der Waals surface area contributed by atoms with E-state index in [0.29, 0.717) is 6.54 Å². The van der Waals surface area contributed by atoms with Crippen LogP contribution in [0.1, 0.15) is 5.69 Å². The number of imidazole rings is 1. The van der Waals surface area contributed by atoms with E-state index in [-0.39, 0.29) is 0 Å². The molecule has 74 valence electrons. The zero-order valence-electron chi connectivity index (χ0n) is 7.44. The lowest BCUT2D eigenvalue weighted by molar-refractivity contribution is 0.835. The molecule has 0 saturated carbocycles. The van der Waals surface area contributed by atoms with Crippen LogP contribution in [0.2, 0.25) is 0 Å². The molecule has 2 rings (SSSR count). The Balaban J connectivity index is 1.98. The minimum Gasteiger partial charge on any atom is -0.354 e. The molecular formula is C7H8BrN5S.